The van der Waals surface area contributed by atoms with E-state index in [1.54, 1.807) is 19.0 Å². The molecule has 1 aliphatic heterocycles. The van der Waals surface area contributed by atoms with Crippen LogP contribution in [-0.2, 0) is 13.5 Å². The van der Waals surface area contributed by atoms with Gasteiger partial charge in [-0.3, -0.25) is 4.79 Å². The Morgan fingerprint density at radius 3 is 2.67 bits per heavy atom. The van der Waals surface area contributed by atoms with Crippen LogP contribution in [0.15, 0.2) is 30.3 Å². The first kappa shape index (κ1) is 17.9. The Morgan fingerprint density at radius 1 is 1.30 bits per heavy atom. The Kier molecular flexibility index (Phi) is 4.35. The molecule has 5 nitrogen and oxygen atoms in total. The molecule has 1 aliphatic rings. The highest BCUT2D eigenvalue weighted by atomic mass is 35.5. The fourth-order valence-electron chi connectivity index (χ4n) is 3.64. The Hall–Kier alpha value is -2.53. The van der Waals surface area contributed by atoms with Crippen LogP contribution < -0.4 is 4.74 Å². The Labute approximate surface area is 163 Å². The molecule has 27 heavy (non-hydrogen) atoms. The molecule has 2 heterocycles. The van der Waals surface area contributed by atoms with E-state index in [0.29, 0.717) is 10.6 Å². The van der Waals surface area contributed by atoms with Crippen LogP contribution in [-0.4, -0.2) is 34.5 Å². The van der Waals surface area contributed by atoms with E-state index >= 15 is 0 Å². The van der Waals surface area contributed by atoms with Gasteiger partial charge in [-0.25, -0.2) is 4.98 Å². The Bertz CT molecular complexity index is 1040. The molecule has 0 radical (unpaired) electrons. The number of amides is 1. The maximum atomic E-state index is 12.8. The van der Waals surface area contributed by atoms with E-state index in [2.05, 4.69) is 0 Å². The van der Waals surface area contributed by atoms with Gasteiger partial charge in [0.2, 0.25) is 0 Å². The molecule has 3 aromatic rings. The molecule has 140 valence electrons. The highest BCUT2D eigenvalue weighted by molar-refractivity contribution is 6.30. The number of fused-ring (bicyclic) bond motifs is 3. The molecule has 0 fully saturated rings. The number of imidazole rings is 1. The van der Waals surface area contributed by atoms with Gasteiger partial charge in [0.25, 0.3) is 5.91 Å². The molecular weight excluding hydrogens is 362 g/mol. The van der Waals surface area contributed by atoms with E-state index in [1.807, 2.05) is 48.9 Å². The highest BCUT2D eigenvalue weighted by Crippen LogP contribution is 2.42. The summed E-state index contributed by atoms with van der Waals surface area (Å²) in [5.74, 6) is 1.60. The van der Waals surface area contributed by atoms with E-state index in [1.165, 1.54) is 0 Å². The first-order valence-corrected chi connectivity index (χ1v) is 9.37. The zero-order valence-electron chi connectivity index (χ0n) is 15.9. The van der Waals surface area contributed by atoms with E-state index in [0.717, 1.165) is 46.6 Å². The number of nitrogens with zero attached hydrogens (tertiary/aromatic N) is 3. The van der Waals surface area contributed by atoms with Crippen LogP contribution in [0.25, 0.3) is 11.0 Å². The van der Waals surface area contributed by atoms with Crippen molar-refractivity contribution >= 4 is 28.5 Å². The maximum absolute atomic E-state index is 12.8. The number of hydrogen-bond acceptors (Lipinski definition) is 3. The van der Waals surface area contributed by atoms with Crippen LogP contribution in [0.5, 0.6) is 5.75 Å². The monoisotopic (exact) mass is 383 g/mol. The lowest BCUT2D eigenvalue weighted by Crippen LogP contribution is -2.25. The number of rotatable bonds is 2. The topological polar surface area (TPSA) is 47.4 Å². The van der Waals surface area contributed by atoms with E-state index in [9.17, 15) is 4.79 Å². The maximum Gasteiger partial charge on any atom is 0.253 e. The molecule has 0 spiro atoms. The zero-order valence-corrected chi connectivity index (χ0v) is 16.7. The number of benzene rings is 2. The zero-order chi connectivity index (χ0) is 19.3. The minimum Gasteiger partial charge on any atom is -0.483 e. The Balaban J connectivity index is 1.87. The lowest BCUT2D eigenvalue weighted by Gasteiger charge is -2.28. The number of hydrogen-bond donors (Lipinski definition) is 0. The molecule has 0 aliphatic carbocycles. The molecule has 0 saturated carbocycles. The number of carbonyl (C=O) groups excluding carboxylic acids is 1. The van der Waals surface area contributed by atoms with Gasteiger partial charge in [-0.15, -0.1) is 0 Å². The lowest BCUT2D eigenvalue weighted by atomic mass is 9.93. The second kappa shape index (κ2) is 6.57. The fourth-order valence-corrected chi connectivity index (χ4v) is 3.77. The molecule has 0 saturated heterocycles. The average molecular weight is 384 g/mol. The van der Waals surface area contributed by atoms with Crippen molar-refractivity contribution in [1.29, 1.82) is 0 Å². The molecule has 0 unspecified atom stereocenters. The summed E-state index contributed by atoms with van der Waals surface area (Å²) in [5.41, 5.74) is 4.45. The van der Waals surface area contributed by atoms with Gasteiger partial charge in [0.1, 0.15) is 17.4 Å². The van der Waals surface area contributed by atoms with Crippen molar-refractivity contribution in [2.45, 2.75) is 25.9 Å². The van der Waals surface area contributed by atoms with Crippen LogP contribution in [0.4, 0.5) is 0 Å². The predicted molar refractivity (Wildman–Crippen MR) is 107 cm³/mol. The molecule has 6 heteroatoms. The van der Waals surface area contributed by atoms with Crippen molar-refractivity contribution in [3.8, 4) is 5.75 Å². The summed E-state index contributed by atoms with van der Waals surface area (Å²) in [4.78, 5) is 19.1. The number of aromatic nitrogens is 2. The van der Waals surface area contributed by atoms with Crippen LogP contribution >= 0.6 is 11.6 Å². The summed E-state index contributed by atoms with van der Waals surface area (Å²) in [6.45, 7) is 1.96. The number of ether oxygens (including phenoxy) is 1. The largest absolute Gasteiger partial charge is 0.483 e. The smallest absolute Gasteiger partial charge is 0.253 e. The number of carbonyl (C=O) groups is 1. The van der Waals surface area contributed by atoms with Gasteiger partial charge in [-0.05, 0) is 43.5 Å². The molecule has 1 amide bonds. The van der Waals surface area contributed by atoms with Gasteiger partial charge in [-0.2, -0.15) is 0 Å². The SMILES string of the molecule is Cc1nc2c3c(c(C(=O)N(C)C)cc2n1C)CC[C@@H](c1ccc(Cl)cc1)O3. The van der Waals surface area contributed by atoms with Gasteiger partial charge >= 0.3 is 0 Å². The summed E-state index contributed by atoms with van der Waals surface area (Å²) in [6, 6.07) is 9.69. The summed E-state index contributed by atoms with van der Waals surface area (Å²) in [7, 11) is 5.50. The average Bonchev–Trinajstić information content (AvgIpc) is 2.95. The van der Waals surface area contributed by atoms with E-state index in [-0.39, 0.29) is 12.0 Å². The van der Waals surface area contributed by atoms with Crippen molar-refractivity contribution in [3.63, 3.8) is 0 Å². The first-order chi connectivity index (χ1) is 12.9. The molecule has 2 aromatic carbocycles. The summed E-state index contributed by atoms with van der Waals surface area (Å²) in [5, 5.41) is 0.705. The summed E-state index contributed by atoms with van der Waals surface area (Å²) >= 11 is 6.02. The molecule has 1 aromatic heterocycles. The fraction of sp³-hybridized carbons (Fsp3) is 0.333. The van der Waals surface area contributed by atoms with E-state index in [4.69, 9.17) is 21.3 Å². The van der Waals surface area contributed by atoms with Crippen molar-refractivity contribution < 1.29 is 9.53 Å². The molecule has 0 N–H and O–H groups in total. The van der Waals surface area contributed by atoms with Crippen molar-refractivity contribution in [1.82, 2.24) is 14.5 Å². The summed E-state index contributed by atoms with van der Waals surface area (Å²) < 4.78 is 8.42. The van der Waals surface area contributed by atoms with Crippen LogP contribution in [0, 0.1) is 6.92 Å². The molecule has 1 atom stereocenters. The quantitative estimate of drug-likeness (QED) is 0.662. The predicted octanol–water partition coefficient (Wildman–Crippen LogP) is 4.30. The van der Waals surface area contributed by atoms with Gasteiger partial charge in [-0.1, -0.05) is 23.7 Å². The van der Waals surface area contributed by atoms with Gasteiger partial charge < -0.3 is 14.2 Å². The highest BCUT2D eigenvalue weighted by Gasteiger charge is 2.30. The third kappa shape index (κ3) is 2.96. The minimum absolute atomic E-state index is 0.0134. The third-order valence-electron chi connectivity index (χ3n) is 5.25. The van der Waals surface area contributed by atoms with Crippen molar-refractivity contribution in [3.05, 3.63) is 57.9 Å². The van der Waals surface area contributed by atoms with E-state index < -0.39 is 0 Å². The summed E-state index contributed by atoms with van der Waals surface area (Å²) in [6.07, 6.45) is 1.49. The number of halogens is 1. The van der Waals surface area contributed by atoms with Gasteiger partial charge in [0.05, 0.1) is 5.52 Å². The van der Waals surface area contributed by atoms with Crippen molar-refractivity contribution in [2.75, 3.05) is 14.1 Å². The molecular formula is C21H22ClN3O2. The Morgan fingerprint density at radius 2 is 2.00 bits per heavy atom. The van der Waals surface area contributed by atoms with Gasteiger partial charge in [0.15, 0.2) is 5.75 Å². The lowest BCUT2D eigenvalue weighted by molar-refractivity contribution is 0.0823. The second-order valence-corrected chi connectivity index (χ2v) is 7.65. The number of aryl methyl sites for hydroxylation is 2. The van der Waals surface area contributed by atoms with Crippen LogP contribution in [0.2, 0.25) is 5.02 Å². The molecule has 4 rings (SSSR count). The molecule has 0 bridgehead atoms. The first-order valence-electron chi connectivity index (χ1n) is 8.99. The van der Waals surface area contributed by atoms with Crippen LogP contribution in [0.3, 0.4) is 0 Å². The minimum atomic E-state index is -0.0787. The third-order valence-corrected chi connectivity index (χ3v) is 5.51. The normalized spacial score (nSPS) is 16.1. The standard InChI is InChI=1S/C21H22ClN3O2/c1-12-23-19-17(25(12)4)11-16(21(26)24(2)3)15-9-10-18(27-20(15)19)13-5-7-14(22)8-6-13/h5-8,11,18H,9-10H2,1-4H3/t18-/m0/s1. The van der Waals surface area contributed by atoms with Gasteiger partial charge in [0, 0.05) is 37.3 Å². The van der Waals surface area contributed by atoms with Crippen molar-refractivity contribution in [2.24, 2.45) is 7.05 Å². The van der Waals surface area contributed by atoms with Crippen LogP contribution in [0.1, 0.15) is 39.8 Å². The second-order valence-electron chi connectivity index (χ2n) is 7.21.